The van der Waals surface area contributed by atoms with Crippen LogP contribution < -0.4 is 0 Å². The number of halogens is 2. The summed E-state index contributed by atoms with van der Waals surface area (Å²) >= 11 is 5.97. The lowest BCUT2D eigenvalue weighted by atomic mass is 10.0. The minimum Gasteiger partial charge on any atom is -0.468 e. The van der Waals surface area contributed by atoms with Crippen molar-refractivity contribution in [2.24, 2.45) is 5.92 Å². The van der Waals surface area contributed by atoms with Crippen LogP contribution >= 0.6 is 11.6 Å². The Morgan fingerprint density at radius 2 is 1.83 bits per heavy atom. The third kappa shape index (κ3) is 4.05. The molecule has 1 saturated heterocycles. The Balaban J connectivity index is 2.04. The van der Waals surface area contributed by atoms with E-state index in [9.17, 15) is 14.0 Å². The largest absolute Gasteiger partial charge is 0.468 e. The maximum Gasteiger partial charge on any atom is 0.323 e. The number of piperazine rings is 1. The highest BCUT2D eigenvalue weighted by molar-refractivity contribution is 6.33. The van der Waals surface area contributed by atoms with E-state index >= 15 is 0 Å². The predicted octanol–water partition coefficient (Wildman–Crippen LogP) is 2.43. The molecule has 1 aromatic carbocycles. The van der Waals surface area contributed by atoms with Crippen LogP contribution in [0.4, 0.5) is 4.39 Å². The van der Waals surface area contributed by atoms with E-state index in [1.807, 2.05) is 18.7 Å². The summed E-state index contributed by atoms with van der Waals surface area (Å²) < 4.78 is 18.0. The van der Waals surface area contributed by atoms with Crippen molar-refractivity contribution >= 4 is 23.5 Å². The van der Waals surface area contributed by atoms with Crippen molar-refractivity contribution in [1.29, 1.82) is 0 Å². The van der Waals surface area contributed by atoms with Crippen LogP contribution in [0.1, 0.15) is 24.2 Å². The van der Waals surface area contributed by atoms with Crippen LogP contribution in [0.15, 0.2) is 18.2 Å². The van der Waals surface area contributed by atoms with Gasteiger partial charge in [0, 0.05) is 26.2 Å². The minimum atomic E-state index is -0.473. The van der Waals surface area contributed by atoms with E-state index in [1.165, 1.54) is 19.2 Å². The number of esters is 1. The summed E-state index contributed by atoms with van der Waals surface area (Å²) in [6.45, 7) is 6.04. The summed E-state index contributed by atoms with van der Waals surface area (Å²) in [4.78, 5) is 28.2. The van der Waals surface area contributed by atoms with Gasteiger partial charge < -0.3 is 9.64 Å². The third-order valence-electron chi connectivity index (χ3n) is 4.23. The van der Waals surface area contributed by atoms with Crippen LogP contribution in [0.3, 0.4) is 0 Å². The zero-order valence-corrected chi connectivity index (χ0v) is 14.8. The van der Waals surface area contributed by atoms with Crippen molar-refractivity contribution in [3.05, 3.63) is 34.6 Å². The van der Waals surface area contributed by atoms with E-state index in [2.05, 4.69) is 0 Å². The van der Waals surface area contributed by atoms with Crippen molar-refractivity contribution in [3.8, 4) is 0 Å². The second-order valence-electron chi connectivity index (χ2n) is 6.16. The zero-order chi connectivity index (χ0) is 17.9. The van der Waals surface area contributed by atoms with Gasteiger partial charge in [-0.25, -0.2) is 4.39 Å². The van der Waals surface area contributed by atoms with E-state index < -0.39 is 5.82 Å². The molecule has 0 bridgehead atoms. The molecule has 7 heteroatoms. The topological polar surface area (TPSA) is 49.9 Å². The average Bonchev–Trinajstić information content (AvgIpc) is 2.54. The Morgan fingerprint density at radius 3 is 2.33 bits per heavy atom. The fourth-order valence-electron chi connectivity index (χ4n) is 3.00. The van der Waals surface area contributed by atoms with Gasteiger partial charge in [0.25, 0.3) is 5.91 Å². The SMILES string of the molecule is COC(=O)C(C(C)C)N1CCN(C(=O)c2ccc(F)cc2Cl)CC1. The third-order valence-corrected chi connectivity index (χ3v) is 4.54. The first-order valence-electron chi connectivity index (χ1n) is 7.91. The predicted molar refractivity (Wildman–Crippen MR) is 89.5 cm³/mol. The molecular weight excluding hydrogens is 335 g/mol. The van der Waals surface area contributed by atoms with Crippen molar-refractivity contribution in [2.45, 2.75) is 19.9 Å². The number of nitrogens with zero attached hydrogens (tertiary/aromatic N) is 2. The molecule has 24 heavy (non-hydrogen) atoms. The van der Waals surface area contributed by atoms with E-state index in [-0.39, 0.29) is 28.9 Å². The van der Waals surface area contributed by atoms with Gasteiger partial charge in [0.2, 0.25) is 0 Å². The van der Waals surface area contributed by atoms with Gasteiger partial charge in [0.1, 0.15) is 11.9 Å². The second-order valence-corrected chi connectivity index (χ2v) is 6.57. The summed E-state index contributed by atoms with van der Waals surface area (Å²) in [5.74, 6) is -0.837. The van der Waals surface area contributed by atoms with E-state index in [0.29, 0.717) is 31.7 Å². The molecule has 0 aliphatic carbocycles. The van der Waals surface area contributed by atoms with Crippen LogP contribution in [0, 0.1) is 11.7 Å². The van der Waals surface area contributed by atoms with Gasteiger partial charge in [-0.3, -0.25) is 14.5 Å². The molecule has 1 amide bonds. The number of benzene rings is 1. The van der Waals surface area contributed by atoms with Crippen molar-refractivity contribution in [2.75, 3.05) is 33.3 Å². The van der Waals surface area contributed by atoms with Crippen LogP contribution in [0.5, 0.6) is 0 Å². The van der Waals surface area contributed by atoms with E-state index in [0.717, 1.165) is 6.07 Å². The summed E-state index contributed by atoms with van der Waals surface area (Å²) in [5, 5.41) is 0.108. The zero-order valence-electron chi connectivity index (χ0n) is 14.1. The molecule has 1 aliphatic rings. The first kappa shape index (κ1) is 18.7. The Labute approximate surface area is 146 Å². The Morgan fingerprint density at radius 1 is 1.21 bits per heavy atom. The number of hydrogen-bond acceptors (Lipinski definition) is 4. The highest BCUT2D eigenvalue weighted by Gasteiger charge is 2.33. The number of amides is 1. The molecule has 2 rings (SSSR count). The minimum absolute atomic E-state index is 0.108. The lowest BCUT2D eigenvalue weighted by Crippen LogP contribution is -2.55. The summed E-state index contributed by atoms with van der Waals surface area (Å²) in [7, 11) is 1.38. The van der Waals surface area contributed by atoms with Crippen LogP contribution in [-0.4, -0.2) is 61.0 Å². The highest BCUT2D eigenvalue weighted by Crippen LogP contribution is 2.21. The lowest BCUT2D eigenvalue weighted by molar-refractivity contribution is -0.149. The number of rotatable bonds is 4. The van der Waals surface area contributed by atoms with Crippen molar-refractivity contribution < 1.29 is 18.7 Å². The van der Waals surface area contributed by atoms with Gasteiger partial charge in [-0.2, -0.15) is 0 Å². The first-order chi connectivity index (χ1) is 11.3. The molecule has 0 N–H and O–H groups in total. The smallest absolute Gasteiger partial charge is 0.323 e. The van der Waals surface area contributed by atoms with Gasteiger partial charge in [-0.1, -0.05) is 25.4 Å². The monoisotopic (exact) mass is 356 g/mol. The number of carbonyl (C=O) groups is 2. The number of carbonyl (C=O) groups excluding carboxylic acids is 2. The van der Waals surface area contributed by atoms with Crippen LogP contribution in [0.25, 0.3) is 0 Å². The molecule has 0 radical (unpaired) electrons. The molecule has 1 fully saturated rings. The van der Waals surface area contributed by atoms with Gasteiger partial charge in [0.05, 0.1) is 17.7 Å². The fourth-order valence-corrected chi connectivity index (χ4v) is 3.25. The second kappa shape index (κ2) is 7.94. The fraction of sp³-hybridized carbons (Fsp3) is 0.529. The van der Waals surface area contributed by atoms with Gasteiger partial charge in [-0.15, -0.1) is 0 Å². The maximum atomic E-state index is 13.1. The molecule has 5 nitrogen and oxygen atoms in total. The quantitative estimate of drug-likeness (QED) is 0.777. The van der Waals surface area contributed by atoms with Gasteiger partial charge >= 0.3 is 5.97 Å². The standard InChI is InChI=1S/C17H22ClFN2O3/c1-11(2)15(17(23)24-3)20-6-8-21(9-7-20)16(22)13-5-4-12(19)10-14(13)18/h4-5,10-11,15H,6-9H2,1-3H3. The molecule has 1 atom stereocenters. The molecule has 0 spiro atoms. The molecule has 1 aromatic rings. The molecule has 0 saturated carbocycles. The molecular formula is C17H22ClFN2O3. The first-order valence-corrected chi connectivity index (χ1v) is 8.29. The molecule has 1 heterocycles. The van der Waals surface area contributed by atoms with Gasteiger partial charge in [0.15, 0.2) is 0 Å². The van der Waals surface area contributed by atoms with Crippen LogP contribution in [-0.2, 0) is 9.53 Å². The average molecular weight is 357 g/mol. The number of methoxy groups -OCH3 is 1. The van der Waals surface area contributed by atoms with Gasteiger partial charge in [-0.05, 0) is 24.1 Å². The molecule has 132 valence electrons. The Hall–Kier alpha value is -1.66. The number of ether oxygens (including phenoxy) is 1. The van der Waals surface area contributed by atoms with Crippen molar-refractivity contribution in [1.82, 2.24) is 9.80 Å². The Bertz CT molecular complexity index is 616. The highest BCUT2D eigenvalue weighted by atomic mass is 35.5. The molecule has 1 aliphatic heterocycles. The Kier molecular flexibility index (Phi) is 6.18. The van der Waals surface area contributed by atoms with Crippen molar-refractivity contribution in [3.63, 3.8) is 0 Å². The molecule has 1 unspecified atom stereocenters. The summed E-state index contributed by atoms with van der Waals surface area (Å²) in [5.41, 5.74) is 0.292. The lowest BCUT2D eigenvalue weighted by Gasteiger charge is -2.39. The summed E-state index contributed by atoms with van der Waals surface area (Å²) in [6.07, 6.45) is 0. The van der Waals surface area contributed by atoms with Crippen LogP contribution in [0.2, 0.25) is 5.02 Å². The molecule has 0 aromatic heterocycles. The van der Waals surface area contributed by atoms with E-state index in [4.69, 9.17) is 16.3 Å². The summed E-state index contributed by atoms with van der Waals surface area (Å²) in [6, 6.07) is 3.44. The van der Waals surface area contributed by atoms with E-state index in [1.54, 1.807) is 4.90 Å². The normalized spacial score (nSPS) is 17.0. The maximum absolute atomic E-state index is 13.1. The number of hydrogen-bond donors (Lipinski definition) is 0.